The molecule has 119 valence electrons. The van der Waals surface area contributed by atoms with Gasteiger partial charge >= 0.3 is 0 Å². The summed E-state index contributed by atoms with van der Waals surface area (Å²) < 4.78 is 11.3. The van der Waals surface area contributed by atoms with Crippen LogP contribution in [0.15, 0.2) is 18.2 Å². The number of phenols is 1. The van der Waals surface area contributed by atoms with Crippen molar-refractivity contribution >= 4 is 5.91 Å². The van der Waals surface area contributed by atoms with Crippen LogP contribution in [0.4, 0.5) is 0 Å². The van der Waals surface area contributed by atoms with E-state index in [1.165, 1.54) is 0 Å². The van der Waals surface area contributed by atoms with Crippen LogP contribution < -0.4 is 5.32 Å². The number of phenolic OH excluding ortho intramolecular Hbond substituents is 1. The molecule has 2 rings (SSSR count). The van der Waals surface area contributed by atoms with Gasteiger partial charge in [-0.15, -0.1) is 0 Å². The molecule has 1 fully saturated rings. The van der Waals surface area contributed by atoms with E-state index in [9.17, 15) is 9.90 Å². The van der Waals surface area contributed by atoms with E-state index in [1.807, 2.05) is 20.8 Å². The topological polar surface area (TPSA) is 67.8 Å². The number of nitrogens with one attached hydrogen (secondary N) is 1. The van der Waals surface area contributed by atoms with E-state index in [2.05, 4.69) is 5.32 Å². The minimum absolute atomic E-state index is 0. The van der Waals surface area contributed by atoms with Gasteiger partial charge in [0, 0.05) is 61.1 Å². The Balaban J connectivity index is 0.00000242. The van der Waals surface area contributed by atoms with Crippen molar-refractivity contribution in [2.24, 2.45) is 5.92 Å². The second kappa shape index (κ2) is 8.10. The van der Waals surface area contributed by atoms with E-state index >= 15 is 0 Å². The molecule has 0 spiro atoms. The van der Waals surface area contributed by atoms with Crippen LogP contribution in [-0.4, -0.2) is 36.1 Å². The Labute approximate surface area is 167 Å². The normalized spacial score (nSPS) is 24.0. The van der Waals surface area contributed by atoms with Gasteiger partial charge in [0.05, 0.1) is 19.3 Å². The maximum absolute atomic E-state index is 12.4. The number of rotatable bonds is 2. The molecule has 1 heterocycles. The molecule has 6 heteroatoms. The quantitative estimate of drug-likeness (QED) is 0.628. The maximum Gasteiger partial charge on any atom is 0.251 e. The SMILES string of the molecule is Cc1c(O)cccc1C(=O)N[C@H]1COC(C)(C)OC[C@@H]1C.[Ac]. The number of carbonyl (C=O) groups is 1. The number of hydrogen-bond donors (Lipinski definition) is 2. The standard InChI is InChI=1S/C16H23NO4.Ac/c1-10-8-20-16(3,4)21-9-13(10)17-15(19)12-6-5-7-14(18)11(12)2;/h5-7,10,13,18H,8-9H2,1-4H3,(H,17,19);/t10-,13-;/m0./s1. The fourth-order valence-corrected chi connectivity index (χ4v) is 2.24. The smallest absolute Gasteiger partial charge is 0.251 e. The van der Waals surface area contributed by atoms with E-state index in [0.29, 0.717) is 24.3 Å². The molecule has 2 N–H and O–H groups in total. The predicted molar refractivity (Wildman–Crippen MR) is 79.2 cm³/mol. The molecule has 1 radical (unpaired) electrons. The molecule has 0 aliphatic carbocycles. The van der Waals surface area contributed by atoms with Crippen molar-refractivity contribution in [2.45, 2.75) is 39.5 Å². The first-order chi connectivity index (χ1) is 9.80. The van der Waals surface area contributed by atoms with Crippen LogP contribution >= 0.6 is 0 Å². The summed E-state index contributed by atoms with van der Waals surface area (Å²) in [6.07, 6.45) is 0. The van der Waals surface area contributed by atoms with Crippen LogP contribution in [0, 0.1) is 56.9 Å². The largest absolute Gasteiger partial charge is 0.508 e. The van der Waals surface area contributed by atoms with Gasteiger partial charge in [-0.05, 0) is 32.9 Å². The maximum atomic E-state index is 12.4. The van der Waals surface area contributed by atoms with E-state index < -0.39 is 5.79 Å². The zero-order valence-corrected chi connectivity index (χ0v) is 18.3. The molecule has 0 bridgehead atoms. The number of benzene rings is 1. The molecule has 2 atom stereocenters. The van der Waals surface area contributed by atoms with Crippen LogP contribution in [0.5, 0.6) is 5.75 Å². The number of aromatic hydroxyl groups is 1. The van der Waals surface area contributed by atoms with Gasteiger partial charge in [-0.25, -0.2) is 0 Å². The van der Waals surface area contributed by atoms with Crippen molar-refractivity contribution in [3.63, 3.8) is 0 Å². The number of hydrogen-bond acceptors (Lipinski definition) is 4. The summed E-state index contributed by atoms with van der Waals surface area (Å²) >= 11 is 0. The minimum Gasteiger partial charge on any atom is -0.508 e. The van der Waals surface area contributed by atoms with Crippen molar-refractivity contribution in [1.82, 2.24) is 5.32 Å². The molecule has 1 aromatic rings. The first-order valence-corrected chi connectivity index (χ1v) is 7.17. The van der Waals surface area contributed by atoms with E-state index in [1.54, 1.807) is 25.1 Å². The van der Waals surface area contributed by atoms with Crippen LogP contribution in [0.2, 0.25) is 0 Å². The van der Waals surface area contributed by atoms with Crippen LogP contribution in [0.1, 0.15) is 36.7 Å². The minimum atomic E-state index is -0.630. The Morgan fingerprint density at radius 2 is 1.95 bits per heavy atom. The summed E-state index contributed by atoms with van der Waals surface area (Å²) in [6, 6.07) is 4.81. The van der Waals surface area contributed by atoms with Gasteiger partial charge in [0.25, 0.3) is 5.91 Å². The molecule has 1 aromatic carbocycles. The Bertz CT molecular complexity index is 533. The zero-order chi connectivity index (χ0) is 15.6. The van der Waals surface area contributed by atoms with Crippen molar-refractivity contribution in [3.05, 3.63) is 29.3 Å². The number of amides is 1. The third-order valence-electron chi connectivity index (χ3n) is 3.86. The van der Waals surface area contributed by atoms with E-state index in [4.69, 9.17) is 9.47 Å². The Morgan fingerprint density at radius 3 is 2.64 bits per heavy atom. The first-order valence-electron chi connectivity index (χ1n) is 7.17. The Kier molecular flexibility index (Phi) is 7.33. The van der Waals surface area contributed by atoms with Crippen molar-refractivity contribution in [2.75, 3.05) is 13.2 Å². The monoisotopic (exact) mass is 520 g/mol. The molecule has 5 nitrogen and oxygen atoms in total. The third-order valence-corrected chi connectivity index (χ3v) is 3.86. The van der Waals surface area contributed by atoms with Gasteiger partial charge in [0.15, 0.2) is 5.79 Å². The second-order valence-corrected chi connectivity index (χ2v) is 6.03. The zero-order valence-electron chi connectivity index (χ0n) is 13.6. The fraction of sp³-hybridized carbons (Fsp3) is 0.562. The molecule has 22 heavy (non-hydrogen) atoms. The Hall–Kier alpha value is -0.148. The molecule has 0 saturated carbocycles. The fourth-order valence-electron chi connectivity index (χ4n) is 2.24. The van der Waals surface area contributed by atoms with Gasteiger partial charge in [-0.3, -0.25) is 4.79 Å². The van der Waals surface area contributed by atoms with Crippen molar-refractivity contribution < 1.29 is 63.4 Å². The van der Waals surface area contributed by atoms with E-state index in [0.717, 1.165) is 0 Å². The molecular formula is C16H23AcNO4. The van der Waals surface area contributed by atoms with Gasteiger partial charge < -0.3 is 19.9 Å². The molecule has 1 aliphatic heterocycles. The third kappa shape index (κ3) is 4.92. The molecule has 1 aliphatic rings. The summed E-state index contributed by atoms with van der Waals surface area (Å²) in [7, 11) is 0. The average Bonchev–Trinajstić information content (AvgIpc) is 2.55. The van der Waals surface area contributed by atoms with Crippen LogP contribution in [-0.2, 0) is 9.47 Å². The summed E-state index contributed by atoms with van der Waals surface area (Å²) in [4.78, 5) is 12.4. The summed E-state index contributed by atoms with van der Waals surface area (Å²) in [5, 5.41) is 12.7. The van der Waals surface area contributed by atoms with Crippen molar-refractivity contribution in [1.29, 1.82) is 0 Å². The summed E-state index contributed by atoms with van der Waals surface area (Å²) in [5.74, 6) is -0.566. The summed E-state index contributed by atoms with van der Waals surface area (Å²) in [6.45, 7) is 8.40. The van der Waals surface area contributed by atoms with Gasteiger partial charge in [0.1, 0.15) is 5.75 Å². The molecule has 1 saturated heterocycles. The molecule has 0 unspecified atom stereocenters. The van der Waals surface area contributed by atoms with Crippen LogP contribution in [0.3, 0.4) is 0 Å². The van der Waals surface area contributed by atoms with E-state index in [-0.39, 0.29) is 67.7 Å². The molecule has 0 aromatic heterocycles. The Morgan fingerprint density at radius 1 is 1.32 bits per heavy atom. The van der Waals surface area contributed by atoms with Crippen molar-refractivity contribution in [3.8, 4) is 5.75 Å². The first kappa shape index (κ1) is 19.9. The van der Waals surface area contributed by atoms with Gasteiger partial charge in [-0.2, -0.15) is 0 Å². The van der Waals surface area contributed by atoms with Gasteiger partial charge in [0.2, 0.25) is 0 Å². The number of ether oxygens (including phenoxy) is 2. The van der Waals surface area contributed by atoms with Crippen LogP contribution in [0.25, 0.3) is 0 Å². The van der Waals surface area contributed by atoms with Gasteiger partial charge in [-0.1, -0.05) is 13.0 Å². The average molecular weight is 520 g/mol. The predicted octanol–water partition coefficient (Wildman–Crippen LogP) is 2.22. The molecular weight excluding hydrogens is 497 g/mol. The molecule has 1 amide bonds. The number of carbonyl (C=O) groups excluding carboxylic acids is 1. The second-order valence-electron chi connectivity index (χ2n) is 6.03. The summed E-state index contributed by atoms with van der Waals surface area (Å²) in [5.41, 5.74) is 1.06.